The van der Waals surface area contributed by atoms with E-state index in [2.05, 4.69) is 64.5 Å². The lowest BCUT2D eigenvalue weighted by atomic mass is 9.81. The van der Waals surface area contributed by atoms with E-state index in [1.807, 2.05) is 11.9 Å². The summed E-state index contributed by atoms with van der Waals surface area (Å²) in [7, 11) is 1.92. The number of nitrogens with zero attached hydrogens (tertiary/aromatic N) is 7. The van der Waals surface area contributed by atoms with Gasteiger partial charge in [0.15, 0.2) is 0 Å². The second-order valence-corrected chi connectivity index (χ2v) is 12.8. The predicted molar refractivity (Wildman–Crippen MR) is 176 cm³/mol. The number of alkyl halides is 2. The highest BCUT2D eigenvalue weighted by Gasteiger charge is 2.45. The molecule has 1 atom stereocenters. The standard InChI is InChI=1S/C35H41F2N7O2/c1-5-31(45)44-15-14-43(22-27(44)20-38-3)33-28-12-13-42(30-11-7-10-26-9-6-8-24(2)32(26)30)23-29(28)39-34(40-33)46-17-16-41(4)21-25-18-35(36,37)19-25/h5-11,25,27H,1,12-23H2,2,4H3/t27-/m0/s1. The molecule has 0 N–H and O–H groups in total. The van der Waals surface area contributed by atoms with Crippen molar-refractivity contribution in [3.63, 3.8) is 0 Å². The zero-order chi connectivity index (χ0) is 32.4. The van der Waals surface area contributed by atoms with Crippen LogP contribution in [0.5, 0.6) is 6.01 Å². The summed E-state index contributed by atoms with van der Waals surface area (Å²) in [5, 5.41) is 2.43. The van der Waals surface area contributed by atoms with Gasteiger partial charge in [-0.2, -0.15) is 9.97 Å². The number of carbonyl (C=O) groups is 1. The quantitative estimate of drug-likeness (QED) is 0.232. The average Bonchev–Trinajstić information content (AvgIpc) is 3.03. The Hall–Kier alpha value is -4.30. The molecule has 3 heterocycles. The van der Waals surface area contributed by atoms with E-state index in [9.17, 15) is 13.6 Å². The van der Waals surface area contributed by atoms with Crippen LogP contribution in [-0.2, 0) is 17.8 Å². The summed E-state index contributed by atoms with van der Waals surface area (Å²) in [6.45, 7) is 17.9. The van der Waals surface area contributed by atoms with Crippen molar-refractivity contribution in [3.05, 3.63) is 77.3 Å². The van der Waals surface area contributed by atoms with Gasteiger partial charge in [0.05, 0.1) is 12.2 Å². The van der Waals surface area contributed by atoms with E-state index >= 15 is 0 Å². The zero-order valence-corrected chi connectivity index (χ0v) is 26.6. The minimum absolute atomic E-state index is 0.00493. The maximum atomic E-state index is 13.3. The number of rotatable bonds is 10. The molecule has 1 aliphatic carbocycles. The number of hydrogen-bond acceptors (Lipinski definition) is 7. The van der Waals surface area contributed by atoms with Crippen LogP contribution in [0, 0.1) is 19.4 Å². The summed E-state index contributed by atoms with van der Waals surface area (Å²) in [5.74, 6) is -1.89. The van der Waals surface area contributed by atoms with E-state index in [-0.39, 0.29) is 43.3 Å². The smallest absolute Gasteiger partial charge is 0.318 e. The number of anilines is 2. The van der Waals surface area contributed by atoms with Gasteiger partial charge in [-0.15, -0.1) is 0 Å². The Bertz CT molecular complexity index is 1640. The fourth-order valence-electron chi connectivity index (χ4n) is 7.14. The van der Waals surface area contributed by atoms with Crippen LogP contribution in [0.3, 0.4) is 0 Å². The van der Waals surface area contributed by atoms with Crippen LogP contribution in [0.2, 0.25) is 0 Å². The minimum Gasteiger partial charge on any atom is -0.462 e. The number of hydrogen-bond donors (Lipinski definition) is 0. The first-order chi connectivity index (χ1) is 22.2. The van der Waals surface area contributed by atoms with Crippen molar-refractivity contribution in [1.29, 1.82) is 0 Å². The molecule has 1 saturated heterocycles. The first-order valence-corrected chi connectivity index (χ1v) is 16.0. The Morgan fingerprint density at radius 1 is 1.17 bits per heavy atom. The van der Waals surface area contributed by atoms with Crippen molar-refractivity contribution < 1.29 is 18.3 Å². The Labute approximate surface area is 269 Å². The molecule has 46 heavy (non-hydrogen) atoms. The van der Waals surface area contributed by atoms with Gasteiger partial charge in [0.2, 0.25) is 18.4 Å². The molecule has 3 aliphatic rings. The van der Waals surface area contributed by atoms with E-state index in [4.69, 9.17) is 21.3 Å². The largest absolute Gasteiger partial charge is 0.462 e. The lowest BCUT2D eigenvalue weighted by molar-refractivity contribution is -0.128. The number of benzene rings is 2. The van der Waals surface area contributed by atoms with Crippen LogP contribution in [0.1, 0.15) is 29.7 Å². The van der Waals surface area contributed by atoms with Crippen LogP contribution in [0.15, 0.2) is 49.1 Å². The fourth-order valence-corrected chi connectivity index (χ4v) is 7.14. The van der Waals surface area contributed by atoms with Crippen LogP contribution in [0.25, 0.3) is 15.6 Å². The second kappa shape index (κ2) is 13.2. The van der Waals surface area contributed by atoms with Gasteiger partial charge in [0.25, 0.3) is 0 Å². The van der Waals surface area contributed by atoms with Gasteiger partial charge < -0.3 is 29.2 Å². The van der Waals surface area contributed by atoms with Gasteiger partial charge in [0.1, 0.15) is 18.5 Å². The highest BCUT2D eigenvalue weighted by Crippen LogP contribution is 2.42. The highest BCUT2D eigenvalue weighted by atomic mass is 19.3. The molecule has 1 aromatic heterocycles. The summed E-state index contributed by atoms with van der Waals surface area (Å²) < 4.78 is 32.8. The summed E-state index contributed by atoms with van der Waals surface area (Å²) in [5.41, 5.74) is 4.35. The van der Waals surface area contributed by atoms with Gasteiger partial charge in [0, 0.05) is 68.7 Å². The number of aryl methyl sites for hydroxylation is 1. The molecule has 0 bridgehead atoms. The maximum absolute atomic E-state index is 13.3. The number of likely N-dealkylation sites (N-methyl/N-ethyl adjacent to an activating group) is 1. The molecule has 2 aromatic carbocycles. The number of carbonyl (C=O) groups excluding carboxylic acids is 1. The van der Waals surface area contributed by atoms with Crippen molar-refractivity contribution >= 4 is 28.2 Å². The van der Waals surface area contributed by atoms with E-state index in [0.717, 1.165) is 30.0 Å². The van der Waals surface area contributed by atoms with E-state index in [1.54, 1.807) is 4.90 Å². The number of fused-ring (bicyclic) bond motifs is 2. The van der Waals surface area contributed by atoms with Gasteiger partial charge >= 0.3 is 6.01 Å². The predicted octanol–water partition coefficient (Wildman–Crippen LogP) is 4.98. The molecule has 2 fully saturated rings. The van der Waals surface area contributed by atoms with Crippen LogP contribution in [0.4, 0.5) is 20.3 Å². The monoisotopic (exact) mass is 629 g/mol. The molecule has 242 valence electrons. The van der Waals surface area contributed by atoms with Crippen molar-refractivity contribution in [2.24, 2.45) is 5.92 Å². The van der Waals surface area contributed by atoms with E-state index < -0.39 is 5.92 Å². The summed E-state index contributed by atoms with van der Waals surface area (Å²) in [4.78, 5) is 34.3. The number of amides is 1. The third-order valence-corrected chi connectivity index (χ3v) is 9.45. The number of aromatic nitrogens is 2. The molecule has 0 spiro atoms. The minimum atomic E-state index is -2.52. The summed E-state index contributed by atoms with van der Waals surface area (Å²) in [6, 6.07) is 12.8. The third-order valence-electron chi connectivity index (χ3n) is 9.45. The van der Waals surface area contributed by atoms with Gasteiger partial charge in [-0.1, -0.05) is 36.9 Å². The summed E-state index contributed by atoms with van der Waals surface area (Å²) in [6.07, 6.45) is 1.94. The number of ether oxygens (including phenoxy) is 1. The lowest BCUT2D eigenvalue weighted by Crippen LogP contribution is -2.56. The Morgan fingerprint density at radius 2 is 1.96 bits per heavy atom. The molecule has 2 aliphatic heterocycles. The average molecular weight is 630 g/mol. The van der Waals surface area contributed by atoms with Crippen molar-refractivity contribution in [2.75, 3.05) is 69.3 Å². The topological polar surface area (TPSA) is 69.4 Å². The Morgan fingerprint density at radius 3 is 2.70 bits per heavy atom. The van der Waals surface area contributed by atoms with Crippen LogP contribution < -0.4 is 14.5 Å². The number of halogens is 2. The maximum Gasteiger partial charge on any atom is 0.318 e. The molecule has 0 radical (unpaired) electrons. The van der Waals surface area contributed by atoms with Gasteiger partial charge in [-0.05, 0) is 49.4 Å². The molecule has 6 rings (SSSR count). The normalized spacial score (nSPS) is 19.5. The molecule has 3 aromatic rings. The van der Waals surface area contributed by atoms with Crippen LogP contribution >= 0.6 is 0 Å². The van der Waals surface area contributed by atoms with E-state index in [0.29, 0.717) is 45.9 Å². The molecule has 1 saturated carbocycles. The van der Waals surface area contributed by atoms with Crippen molar-refractivity contribution in [1.82, 2.24) is 19.8 Å². The second-order valence-electron chi connectivity index (χ2n) is 12.8. The molecular formula is C35H41F2N7O2. The third kappa shape index (κ3) is 6.63. The molecule has 9 nitrogen and oxygen atoms in total. The van der Waals surface area contributed by atoms with E-state index in [1.165, 1.54) is 28.1 Å². The van der Waals surface area contributed by atoms with Crippen LogP contribution in [-0.4, -0.2) is 97.1 Å². The van der Waals surface area contributed by atoms with Gasteiger partial charge in [-0.25, -0.2) is 15.4 Å². The number of piperazine rings is 1. The molecule has 0 unspecified atom stereocenters. The summed E-state index contributed by atoms with van der Waals surface area (Å²) >= 11 is 0. The fraction of sp³-hybridized carbons (Fsp3) is 0.486. The SMILES string of the molecule is [C-]#[N+]C[C@H]1CN(c2nc(OCCN(C)CC3CC(F)(F)C3)nc3c2CCN(c2cccc4cccc(C)c24)C3)CCN1C(=O)C=C. The van der Waals surface area contributed by atoms with Gasteiger partial charge in [-0.3, -0.25) is 4.79 Å². The van der Waals surface area contributed by atoms with Crippen molar-refractivity contribution in [3.8, 4) is 6.01 Å². The Balaban J connectivity index is 1.26. The first kappa shape index (κ1) is 31.7. The van der Waals surface area contributed by atoms with Crippen molar-refractivity contribution in [2.45, 2.75) is 44.7 Å². The lowest BCUT2D eigenvalue weighted by Gasteiger charge is -2.41. The first-order valence-electron chi connectivity index (χ1n) is 16.0. The molecule has 1 amide bonds. The molecular weight excluding hydrogens is 588 g/mol. The highest BCUT2D eigenvalue weighted by molar-refractivity contribution is 5.97. The molecule has 11 heteroatoms. The zero-order valence-electron chi connectivity index (χ0n) is 26.6. The Kier molecular flexibility index (Phi) is 9.09.